The molecule has 6 nitrogen and oxygen atoms in total. The van der Waals surface area contributed by atoms with Crippen LogP contribution in [-0.4, -0.2) is 59.1 Å². The van der Waals surface area contributed by atoms with E-state index in [0.717, 1.165) is 24.2 Å². The molecule has 3 aromatic rings. The predicted molar refractivity (Wildman–Crippen MR) is 125 cm³/mol. The third kappa shape index (κ3) is 3.94. The van der Waals surface area contributed by atoms with Crippen molar-refractivity contribution in [2.45, 2.75) is 12.6 Å². The number of nitrogens with zero attached hydrogens (tertiary/aromatic N) is 3. The molecule has 2 aliphatic rings. The Morgan fingerprint density at radius 2 is 1.42 bits per heavy atom. The Morgan fingerprint density at radius 1 is 0.818 bits per heavy atom. The van der Waals surface area contributed by atoms with Crippen LogP contribution in [-0.2, 0) is 6.54 Å². The van der Waals surface area contributed by atoms with Crippen molar-refractivity contribution in [2.75, 3.05) is 26.7 Å². The highest BCUT2D eigenvalue weighted by atomic mass is 16.2. The number of imide groups is 1. The normalized spacial score (nSPS) is 18.5. The van der Waals surface area contributed by atoms with Gasteiger partial charge in [0.25, 0.3) is 17.7 Å². The van der Waals surface area contributed by atoms with Crippen molar-refractivity contribution in [3.05, 3.63) is 107 Å². The second-order valence-electron chi connectivity index (χ2n) is 8.63. The fourth-order valence-electron chi connectivity index (χ4n) is 4.61. The number of likely N-dealkylation sites (N-methyl/N-ethyl adjacent to an activating group) is 1. The molecule has 0 aliphatic carbocycles. The van der Waals surface area contributed by atoms with Gasteiger partial charge in [-0.3, -0.25) is 19.3 Å². The maximum Gasteiger partial charge on any atom is 0.261 e. The molecule has 0 radical (unpaired) electrons. The van der Waals surface area contributed by atoms with Gasteiger partial charge in [-0.05, 0) is 42.4 Å². The maximum atomic E-state index is 13.4. The Bertz CT molecular complexity index is 1170. The minimum absolute atomic E-state index is 0.00419. The van der Waals surface area contributed by atoms with E-state index in [4.69, 9.17) is 0 Å². The van der Waals surface area contributed by atoms with Crippen LogP contribution < -0.4 is 0 Å². The van der Waals surface area contributed by atoms with Crippen molar-refractivity contribution in [2.24, 2.45) is 0 Å². The quantitative estimate of drug-likeness (QED) is 0.583. The lowest BCUT2D eigenvalue weighted by Gasteiger charge is -2.40. The van der Waals surface area contributed by atoms with Gasteiger partial charge in [0.1, 0.15) is 0 Å². The molecule has 1 saturated heterocycles. The number of fused-ring (bicyclic) bond motifs is 1. The van der Waals surface area contributed by atoms with E-state index in [9.17, 15) is 14.4 Å². The number of hydrogen-bond donors (Lipinski definition) is 0. The molecule has 1 fully saturated rings. The standard InChI is InChI=1S/C27H25N3O3/c1-28-15-16-29(24(18-28)20-7-3-2-4-8-20)25(31)21-13-11-19(12-14-21)17-30-26(32)22-9-5-6-10-23(22)27(30)33/h2-14,24H,15-18H2,1H3/t24-/m0/s1. The molecule has 33 heavy (non-hydrogen) atoms. The van der Waals surface area contributed by atoms with Crippen molar-refractivity contribution >= 4 is 17.7 Å². The minimum atomic E-state index is -0.279. The lowest BCUT2D eigenvalue weighted by atomic mass is 10.0. The van der Waals surface area contributed by atoms with E-state index in [-0.39, 0.29) is 30.3 Å². The molecule has 3 amide bonds. The smallest absolute Gasteiger partial charge is 0.261 e. The predicted octanol–water partition coefficient (Wildman–Crippen LogP) is 3.61. The van der Waals surface area contributed by atoms with Gasteiger partial charge in [0.2, 0.25) is 0 Å². The molecule has 1 atom stereocenters. The topological polar surface area (TPSA) is 60.9 Å². The molecule has 2 aliphatic heterocycles. The van der Waals surface area contributed by atoms with Crippen molar-refractivity contribution in [1.29, 1.82) is 0 Å². The fourth-order valence-corrected chi connectivity index (χ4v) is 4.61. The summed E-state index contributed by atoms with van der Waals surface area (Å²) < 4.78 is 0. The van der Waals surface area contributed by atoms with Gasteiger partial charge < -0.3 is 9.80 Å². The number of rotatable bonds is 4. The molecule has 0 N–H and O–H groups in total. The van der Waals surface area contributed by atoms with Crippen molar-refractivity contribution < 1.29 is 14.4 Å². The summed E-state index contributed by atoms with van der Waals surface area (Å²) in [6.07, 6.45) is 0. The molecule has 0 saturated carbocycles. The zero-order valence-corrected chi connectivity index (χ0v) is 18.5. The van der Waals surface area contributed by atoms with E-state index in [2.05, 4.69) is 24.1 Å². The average molecular weight is 440 g/mol. The van der Waals surface area contributed by atoms with Crippen LogP contribution >= 0.6 is 0 Å². The van der Waals surface area contributed by atoms with Gasteiger partial charge in [0, 0.05) is 25.2 Å². The summed E-state index contributed by atoms with van der Waals surface area (Å²) in [4.78, 5) is 44.1. The molecule has 5 rings (SSSR count). The second kappa shape index (κ2) is 8.64. The summed E-state index contributed by atoms with van der Waals surface area (Å²) >= 11 is 0. The van der Waals surface area contributed by atoms with Crippen molar-refractivity contribution in [3.63, 3.8) is 0 Å². The number of carbonyl (C=O) groups excluding carboxylic acids is 3. The molecular weight excluding hydrogens is 414 g/mol. The molecule has 0 unspecified atom stereocenters. The summed E-state index contributed by atoms with van der Waals surface area (Å²) in [7, 11) is 2.08. The monoisotopic (exact) mass is 439 g/mol. The highest BCUT2D eigenvalue weighted by Gasteiger charge is 2.35. The number of hydrogen-bond acceptors (Lipinski definition) is 4. The Balaban J connectivity index is 1.33. The molecule has 2 heterocycles. The van der Waals surface area contributed by atoms with E-state index in [1.807, 2.05) is 35.2 Å². The highest BCUT2D eigenvalue weighted by molar-refractivity contribution is 6.21. The molecule has 0 spiro atoms. The second-order valence-corrected chi connectivity index (χ2v) is 8.63. The summed E-state index contributed by atoms with van der Waals surface area (Å²) in [5, 5.41) is 0. The van der Waals surface area contributed by atoms with Gasteiger partial charge >= 0.3 is 0 Å². The summed E-state index contributed by atoms with van der Waals surface area (Å²) in [6, 6.07) is 24.2. The summed E-state index contributed by atoms with van der Waals surface area (Å²) in [5.41, 5.74) is 3.41. The first kappa shape index (κ1) is 21.1. The fraction of sp³-hybridized carbons (Fsp3) is 0.222. The molecular formula is C27H25N3O3. The van der Waals surface area contributed by atoms with Gasteiger partial charge in [-0.1, -0.05) is 54.6 Å². The molecule has 0 aromatic heterocycles. The average Bonchev–Trinajstić information content (AvgIpc) is 3.09. The Labute approximate surface area is 193 Å². The Kier molecular flexibility index (Phi) is 5.52. The van der Waals surface area contributed by atoms with Gasteiger partial charge in [0.05, 0.1) is 23.7 Å². The first-order chi connectivity index (χ1) is 16.0. The van der Waals surface area contributed by atoms with Gasteiger partial charge in [-0.2, -0.15) is 0 Å². The lowest BCUT2D eigenvalue weighted by molar-refractivity contribution is 0.0497. The van der Waals surface area contributed by atoms with E-state index in [1.165, 1.54) is 4.90 Å². The van der Waals surface area contributed by atoms with Crippen LogP contribution in [0.2, 0.25) is 0 Å². The van der Waals surface area contributed by atoms with E-state index < -0.39 is 0 Å². The summed E-state index contributed by atoms with van der Waals surface area (Å²) in [5.74, 6) is -0.568. The molecule has 6 heteroatoms. The Hall–Kier alpha value is -3.77. The zero-order valence-electron chi connectivity index (χ0n) is 18.5. The SMILES string of the molecule is CN1CCN(C(=O)c2ccc(CN3C(=O)c4ccccc4C3=O)cc2)[C@H](c2ccccc2)C1. The highest BCUT2D eigenvalue weighted by Crippen LogP contribution is 2.27. The van der Waals surface area contributed by atoms with Crippen molar-refractivity contribution in [1.82, 2.24) is 14.7 Å². The maximum absolute atomic E-state index is 13.4. The van der Waals surface area contributed by atoms with Crippen LogP contribution in [0.5, 0.6) is 0 Å². The number of benzene rings is 3. The van der Waals surface area contributed by atoms with E-state index >= 15 is 0 Å². The van der Waals surface area contributed by atoms with Crippen LogP contribution in [0.3, 0.4) is 0 Å². The van der Waals surface area contributed by atoms with Gasteiger partial charge in [-0.25, -0.2) is 0 Å². The number of amides is 3. The Morgan fingerprint density at radius 3 is 2.06 bits per heavy atom. The van der Waals surface area contributed by atoms with Crippen LogP contribution in [0, 0.1) is 0 Å². The van der Waals surface area contributed by atoms with Crippen LogP contribution in [0.25, 0.3) is 0 Å². The van der Waals surface area contributed by atoms with E-state index in [1.54, 1.807) is 36.4 Å². The van der Waals surface area contributed by atoms with Crippen LogP contribution in [0.15, 0.2) is 78.9 Å². The first-order valence-corrected chi connectivity index (χ1v) is 11.1. The van der Waals surface area contributed by atoms with Crippen molar-refractivity contribution in [3.8, 4) is 0 Å². The number of carbonyl (C=O) groups is 3. The third-order valence-corrected chi connectivity index (χ3v) is 6.45. The first-order valence-electron chi connectivity index (χ1n) is 11.1. The number of piperazine rings is 1. The zero-order chi connectivity index (χ0) is 22.9. The largest absolute Gasteiger partial charge is 0.329 e. The van der Waals surface area contributed by atoms with E-state index in [0.29, 0.717) is 23.2 Å². The molecule has 3 aromatic carbocycles. The minimum Gasteiger partial charge on any atom is -0.329 e. The molecule has 166 valence electrons. The van der Waals surface area contributed by atoms with Crippen LogP contribution in [0.1, 0.15) is 48.2 Å². The van der Waals surface area contributed by atoms with Gasteiger partial charge in [0.15, 0.2) is 0 Å². The summed E-state index contributed by atoms with van der Waals surface area (Å²) in [6.45, 7) is 2.45. The van der Waals surface area contributed by atoms with Crippen LogP contribution in [0.4, 0.5) is 0 Å². The lowest BCUT2D eigenvalue weighted by Crippen LogP contribution is -2.49. The third-order valence-electron chi connectivity index (χ3n) is 6.45. The van der Waals surface area contributed by atoms with Gasteiger partial charge in [-0.15, -0.1) is 0 Å². The molecule has 0 bridgehead atoms.